The quantitative estimate of drug-likeness (QED) is 0.906. The van der Waals surface area contributed by atoms with E-state index >= 15 is 0 Å². The maximum atomic E-state index is 6.01. The molecule has 1 atom stereocenters. The maximum Gasteiger partial charge on any atom is 0.130 e. The summed E-state index contributed by atoms with van der Waals surface area (Å²) in [6.07, 6.45) is 4.25. The number of aryl methyl sites for hydroxylation is 2. The van der Waals surface area contributed by atoms with Gasteiger partial charge in [-0.15, -0.1) is 0 Å². The van der Waals surface area contributed by atoms with Gasteiger partial charge in [-0.05, 0) is 39.5 Å². The van der Waals surface area contributed by atoms with Crippen LogP contribution < -0.4 is 5.32 Å². The fraction of sp³-hybridized carbons (Fsp3) is 0.733. The molecule has 0 saturated carbocycles. The molecule has 1 saturated heterocycles. The van der Waals surface area contributed by atoms with Crippen molar-refractivity contribution in [2.75, 3.05) is 11.9 Å². The summed E-state index contributed by atoms with van der Waals surface area (Å²) in [5.74, 6) is 1.77. The Hall–Kier alpha value is -1.16. The van der Waals surface area contributed by atoms with Crippen molar-refractivity contribution in [1.82, 2.24) is 9.97 Å². The average molecular weight is 263 g/mol. The lowest BCUT2D eigenvalue weighted by molar-refractivity contribution is -0.0864. The Morgan fingerprint density at radius 2 is 2.05 bits per heavy atom. The van der Waals surface area contributed by atoms with Gasteiger partial charge in [0.15, 0.2) is 0 Å². The average Bonchev–Trinajstić information content (AvgIpc) is 2.37. The highest BCUT2D eigenvalue weighted by Gasteiger charge is 2.34. The minimum atomic E-state index is 0.0486. The van der Waals surface area contributed by atoms with Gasteiger partial charge >= 0.3 is 0 Å². The molecule has 1 aromatic heterocycles. The zero-order chi connectivity index (χ0) is 13.9. The normalized spacial score (nSPS) is 22.2. The van der Waals surface area contributed by atoms with Crippen molar-refractivity contribution in [2.24, 2.45) is 0 Å². The number of rotatable bonds is 4. The van der Waals surface area contributed by atoms with Crippen LogP contribution in [0.25, 0.3) is 0 Å². The Kier molecular flexibility index (Phi) is 4.40. The van der Waals surface area contributed by atoms with E-state index in [0.29, 0.717) is 6.04 Å². The summed E-state index contributed by atoms with van der Waals surface area (Å²) in [4.78, 5) is 8.78. The van der Waals surface area contributed by atoms with Crippen molar-refractivity contribution in [3.05, 3.63) is 17.6 Å². The molecule has 1 aliphatic heterocycles. The number of nitrogens with one attached hydrogen (secondary N) is 1. The van der Waals surface area contributed by atoms with Crippen molar-refractivity contribution in [3.8, 4) is 0 Å². The molecule has 1 unspecified atom stereocenters. The molecule has 0 aromatic carbocycles. The molecule has 4 heteroatoms. The van der Waals surface area contributed by atoms with Crippen LogP contribution in [0.5, 0.6) is 0 Å². The molecule has 0 bridgehead atoms. The lowest BCUT2D eigenvalue weighted by Crippen LogP contribution is -2.43. The van der Waals surface area contributed by atoms with Crippen LogP contribution >= 0.6 is 0 Å². The Labute approximate surface area is 116 Å². The van der Waals surface area contributed by atoms with Gasteiger partial charge in [-0.25, -0.2) is 9.97 Å². The van der Waals surface area contributed by atoms with Gasteiger partial charge in [-0.3, -0.25) is 0 Å². The van der Waals surface area contributed by atoms with E-state index in [9.17, 15) is 0 Å². The lowest BCUT2D eigenvalue weighted by Gasteiger charge is -2.40. The van der Waals surface area contributed by atoms with Crippen LogP contribution in [0.4, 0.5) is 5.82 Å². The molecule has 19 heavy (non-hydrogen) atoms. The third-order valence-electron chi connectivity index (χ3n) is 4.10. The first-order chi connectivity index (χ1) is 9.07. The predicted octanol–water partition coefficient (Wildman–Crippen LogP) is 3.24. The number of hydrogen-bond acceptors (Lipinski definition) is 4. The van der Waals surface area contributed by atoms with Gasteiger partial charge in [0.1, 0.15) is 11.6 Å². The van der Waals surface area contributed by atoms with Gasteiger partial charge < -0.3 is 10.1 Å². The molecule has 4 nitrogen and oxygen atoms in total. The summed E-state index contributed by atoms with van der Waals surface area (Å²) < 4.78 is 6.01. The number of anilines is 1. The zero-order valence-corrected chi connectivity index (χ0v) is 12.5. The standard InChI is InChI=1S/C15H25N3O/c1-5-15(6-2)10-13(7-8-19-15)18-14-9-11(3)16-12(4)17-14/h9,13H,5-8,10H2,1-4H3,(H,16,17,18). The molecule has 1 aromatic rings. The molecule has 2 rings (SSSR count). The van der Waals surface area contributed by atoms with Crippen LogP contribution in [0.2, 0.25) is 0 Å². The SMILES string of the molecule is CCC1(CC)CC(Nc2cc(C)nc(C)n2)CCO1. The summed E-state index contributed by atoms with van der Waals surface area (Å²) in [5.41, 5.74) is 1.06. The Balaban J connectivity index is 2.06. The highest BCUT2D eigenvalue weighted by Crippen LogP contribution is 2.32. The first kappa shape index (κ1) is 14.3. The van der Waals surface area contributed by atoms with Gasteiger partial charge in [-0.1, -0.05) is 13.8 Å². The first-order valence-corrected chi connectivity index (χ1v) is 7.29. The number of nitrogens with zero attached hydrogens (tertiary/aromatic N) is 2. The Bertz CT molecular complexity index is 409. The molecular formula is C15H25N3O. The van der Waals surface area contributed by atoms with Crippen LogP contribution in [0, 0.1) is 13.8 Å². The Morgan fingerprint density at radius 3 is 2.68 bits per heavy atom. The molecule has 106 valence electrons. The van der Waals surface area contributed by atoms with E-state index in [1.807, 2.05) is 19.9 Å². The van der Waals surface area contributed by atoms with Gasteiger partial charge in [-0.2, -0.15) is 0 Å². The van der Waals surface area contributed by atoms with Gasteiger partial charge in [0.25, 0.3) is 0 Å². The van der Waals surface area contributed by atoms with Crippen LogP contribution in [0.1, 0.15) is 51.0 Å². The topological polar surface area (TPSA) is 47.0 Å². The number of ether oxygens (including phenoxy) is 1. The third kappa shape index (κ3) is 3.44. The molecule has 0 spiro atoms. The van der Waals surface area contributed by atoms with Crippen LogP contribution in [0.15, 0.2) is 6.07 Å². The minimum absolute atomic E-state index is 0.0486. The van der Waals surface area contributed by atoms with E-state index in [-0.39, 0.29) is 5.60 Å². The van der Waals surface area contributed by atoms with E-state index in [2.05, 4.69) is 29.1 Å². The zero-order valence-electron chi connectivity index (χ0n) is 12.5. The minimum Gasteiger partial charge on any atom is -0.375 e. The van der Waals surface area contributed by atoms with E-state index in [4.69, 9.17) is 4.74 Å². The van der Waals surface area contributed by atoms with Crippen molar-refractivity contribution in [3.63, 3.8) is 0 Å². The van der Waals surface area contributed by atoms with E-state index < -0.39 is 0 Å². The van der Waals surface area contributed by atoms with Crippen molar-refractivity contribution in [2.45, 2.75) is 65.0 Å². The van der Waals surface area contributed by atoms with Gasteiger partial charge in [0.05, 0.1) is 5.60 Å². The van der Waals surface area contributed by atoms with Crippen LogP contribution in [-0.2, 0) is 4.74 Å². The number of aromatic nitrogens is 2. The summed E-state index contributed by atoms with van der Waals surface area (Å²) >= 11 is 0. The van der Waals surface area contributed by atoms with E-state index in [1.54, 1.807) is 0 Å². The summed E-state index contributed by atoms with van der Waals surface area (Å²) in [6, 6.07) is 2.46. The molecule has 2 heterocycles. The van der Waals surface area contributed by atoms with E-state index in [1.165, 1.54) is 0 Å². The van der Waals surface area contributed by atoms with Crippen molar-refractivity contribution >= 4 is 5.82 Å². The summed E-state index contributed by atoms with van der Waals surface area (Å²) in [6.45, 7) is 9.20. The van der Waals surface area contributed by atoms with Gasteiger partial charge in [0.2, 0.25) is 0 Å². The van der Waals surface area contributed by atoms with E-state index in [0.717, 1.165) is 49.6 Å². The maximum absolute atomic E-state index is 6.01. The molecule has 0 radical (unpaired) electrons. The molecule has 0 aliphatic carbocycles. The van der Waals surface area contributed by atoms with Crippen molar-refractivity contribution < 1.29 is 4.74 Å². The summed E-state index contributed by atoms with van der Waals surface area (Å²) in [7, 11) is 0. The predicted molar refractivity (Wildman–Crippen MR) is 77.4 cm³/mol. The monoisotopic (exact) mass is 263 g/mol. The molecule has 1 fully saturated rings. The second kappa shape index (κ2) is 5.87. The molecule has 0 amide bonds. The lowest BCUT2D eigenvalue weighted by atomic mass is 9.86. The summed E-state index contributed by atoms with van der Waals surface area (Å²) in [5, 5.41) is 3.55. The highest BCUT2D eigenvalue weighted by molar-refractivity contribution is 5.37. The highest BCUT2D eigenvalue weighted by atomic mass is 16.5. The van der Waals surface area contributed by atoms with Crippen LogP contribution in [0.3, 0.4) is 0 Å². The smallest absolute Gasteiger partial charge is 0.130 e. The first-order valence-electron chi connectivity index (χ1n) is 7.29. The molecular weight excluding hydrogens is 238 g/mol. The fourth-order valence-electron chi connectivity index (χ4n) is 2.89. The number of hydrogen-bond donors (Lipinski definition) is 1. The fourth-order valence-corrected chi connectivity index (χ4v) is 2.89. The largest absolute Gasteiger partial charge is 0.375 e. The van der Waals surface area contributed by atoms with Crippen LogP contribution in [-0.4, -0.2) is 28.2 Å². The molecule has 1 aliphatic rings. The second-order valence-corrected chi connectivity index (χ2v) is 5.51. The van der Waals surface area contributed by atoms with Crippen molar-refractivity contribution in [1.29, 1.82) is 0 Å². The molecule has 1 N–H and O–H groups in total. The Morgan fingerprint density at radius 1 is 1.32 bits per heavy atom. The third-order valence-corrected chi connectivity index (χ3v) is 4.10. The van der Waals surface area contributed by atoms with Gasteiger partial charge in [0, 0.05) is 24.4 Å². The second-order valence-electron chi connectivity index (χ2n) is 5.51.